The number of carbonyl (C=O) groups is 1. The summed E-state index contributed by atoms with van der Waals surface area (Å²) in [6.07, 6.45) is 1.81. The summed E-state index contributed by atoms with van der Waals surface area (Å²) in [5.41, 5.74) is 2.35. The van der Waals surface area contributed by atoms with Crippen molar-refractivity contribution in [2.75, 3.05) is 13.1 Å². The van der Waals surface area contributed by atoms with E-state index in [2.05, 4.69) is 0 Å². The molecular formula is C20H21ClN2O3S. The molecule has 7 heteroatoms. The Hall–Kier alpha value is -2.15. The van der Waals surface area contributed by atoms with E-state index in [0.717, 1.165) is 11.1 Å². The Bertz CT molecular complexity index is 1120. The molecule has 142 valence electrons. The number of pyridine rings is 1. The van der Waals surface area contributed by atoms with Crippen LogP contribution in [0.3, 0.4) is 0 Å². The Labute approximate surface area is 164 Å². The molecule has 0 aliphatic rings. The molecule has 0 atom stereocenters. The minimum absolute atomic E-state index is 0.0671. The van der Waals surface area contributed by atoms with Crippen molar-refractivity contribution in [3.63, 3.8) is 0 Å². The zero-order valence-corrected chi connectivity index (χ0v) is 17.0. The lowest BCUT2D eigenvalue weighted by Crippen LogP contribution is -2.30. The fourth-order valence-electron chi connectivity index (χ4n) is 3.23. The molecule has 3 aromatic rings. The second-order valence-corrected chi connectivity index (χ2v) is 8.58. The third-order valence-electron chi connectivity index (χ3n) is 4.61. The van der Waals surface area contributed by atoms with Crippen LogP contribution in [0.2, 0.25) is 5.02 Å². The monoisotopic (exact) mass is 404 g/mol. The van der Waals surface area contributed by atoms with Gasteiger partial charge >= 0.3 is 0 Å². The third-order valence-corrected chi connectivity index (χ3v) is 6.99. The number of ketones is 1. The number of carbonyl (C=O) groups excluding carboxylic acids is 1. The molecule has 0 aliphatic carbocycles. The van der Waals surface area contributed by atoms with Crippen LogP contribution in [-0.2, 0) is 10.0 Å². The number of benzene rings is 1. The molecule has 3 rings (SSSR count). The summed E-state index contributed by atoms with van der Waals surface area (Å²) in [5, 5.41) is 0.226. The van der Waals surface area contributed by atoms with Gasteiger partial charge in [-0.2, -0.15) is 4.31 Å². The van der Waals surface area contributed by atoms with Gasteiger partial charge in [-0.25, -0.2) is 8.42 Å². The first-order valence-electron chi connectivity index (χ1n) is 8.72. The lowest BCUT2D eigenvalue weighted by molar-refractivity contribution is 0.103. The zero-order chi connectivity index (χ0) is 19.8. The number of halogens is 1. The van der Waals surface area contributed by atoms with Crippen molar-refractivity contribution in [2.45, 2.75) is 25.7 Å². The molecule has 0 saturated carbocycles. The van der Waals surface area contributed by atoms with Gasteiger partial charge in [-0.1, -0.05) is 31.5 Å². The molecule has 5 nitrogen and oxygen atoms in total. The van der Waals surface area contributed by atoms with Gasteiger partial charge in [0, 0.05) is 30.4 Å². The number of fused-ring (bicyclic) bond motifs is 1. The summed E-state index contributed by atoms with van der Waals surface area (Å²) in [5.74, 6) is -0.305. The number of hydrogen-bond donors (Lipinski definition) is 0. The maximum absolute atomic E-state index is 13.2. The Morgan fingerprint density at radius 3 is 2.48 bits per heavy atom. The highest BCUT2D eigenvalue weighted by atomic mass is 35.5. The van der Waals surface area contributed by atoms with E-state index in [-0.39, 0.29) is 21.3 Å². The van der Waals surface area contributed by atoms with Gasteiger partial charge in [0.25, 0.3) is 0 Å². The standard InChI is InChI=1S/C20H21ClN2O3S/c1-4-22(5-2)27(25,26)16-9-10-18(21)17(13-16)20(24)19-14(3)12-15-8-6-7-11-23(15)19/h6-13H,4-5H2,1-3H3. The zero-order valence-electron chi connectivity index (χ0n) is 15.4. The largest absolute Gasteiger partial charge is 0.313 e. The lowest BCUT2D eigenvalue weighted by atomic mass is 10.1. The second-order valence-electron chi connectivity index (χ2n) is 6.23. The molecule has 0 radical (unpaired) electrons. The Morgan fingerprint density at radius 1 is 1.11 bits per heavy atom. The lowest BCUT2D eigenvalue weighted by Gasteiger charge is -2.19. The fourth-order valence-corrected chi connectivity index (χ4v) is 4.91. The minimum atomic E-state index is -3.68. The number of hydrogen-bond acceptors (Lipinski definition) is 3. The molecule has 0 fully saturated rings. The van der Waals surface area contributed by atoms with E-state index in [9.17, 15) is 13.2 Å². The number of aryl methyl sites for hydroxylation is 1. The average molecular weight is 405 g/mol. The molecule has 0 unspecified atom stereocenters. The van der Waals surface area contributed by atoms with Crippen molar-refractivity contribution >= 4 is 32.9 Å². The van der Waals surface area contributed by atoms with Gasteiger partial charge < -0.3 is 4.40 Å². The summed E-state index contributed by atoms with van der Waals surface area (Å²) < 4.78 is 28.8. The van der Waals surface area contributed by atoms with Gasteiger partial charge in [0.05, 0.1) is 15.6 Å². The summed E-state index contributed by atoms with van der Waals surface area (Å²) in [6, 6.07) is 11.8. The molecule has 2 aromatic heterocycles. The molecule has 2 heterocycles. The van der Waals surface area contributed by atoms with Crippen LogP contribution in [0, 0.1) is 6.92 Å². The van der Waals surface area contributed by atoms with Crippen molar-refractivity contribution in [1.29, 1.82) is 0 Å². The van der Waals surface area contributed by atoms with Crippen LogP contribution in [0.4, 0.5) is 0 Å². The molecule has 0 spiro atoms. The Morgan fingerprint density at radius 2 is 1.81 bits per heavy atom. The number of aromatic nitrogens is 1. The van der Waals surface area contributed by atoms with E-state index in [4.69, 9.17) is 11.6 Å². The Kier molecular flexibility index (Phi) is 5.42. The van der Waals surface area contributed by atoms with E-state index in [0.29, 0.717) is 18.8 Å². The summed E-state index contributed by atoms with van der Waals surface area (Å²) in [4.78, 5) is 13.3. The van der Waals surface area contributed by atoms with Crippen molar-refractivity contribution in [2.24, 2.45) is 0 Å². The van der Waals surface area contributed by atoms with Crippen molar-refractivity contribution in [3.05, 3.63) is 70.5 Å². The first kappa shape index (κ1) is 19.6. The number of rotatable bonds is 6. The maximum atomic E-state index is 13.2. The third kappa shape index (κ3) is 3.40. The van der Waals surface area contributed by atoms with Gasteiger partial charge in [-0.3, -0.25) is 4.79 Å². The van der Waals surface area contributed by atoms with Crippen LogP contribution in [0.25, 0.3) is 5.52 Å². The minimum Gasteiger partial charge on any atom is -0.313 e. The number of nitrogens with zero attached hydrogens (tertiary/aromatic N) is 2. The van der Waals surface area contributed by atoms with Crippen LogP contribution >= 0.6 is 11.6 Å². The molecule has 0 saturated heterocycles. The second kappa shape index (κ2) is 7.46. The predicted octanol–water partition coefficient (Wildman–Crippen LogP) is 4.16. The van der Waals surface area contributed by atoms with Gasteiger partial charge in [0.2, 0.25) is 15.8 Å². The molecule has 0 bridgehead atoms. The molecular weight excluding hydrogens is 384 g/mol. The van der Waals surface area contributed by atoms with E-state index in [1.54, 1.807) is 24.4 Å². The van der Waals surface area contributed by atoms with E-state index in [1.807, 2.05) is 31.2 Å². The summed E-state index contributed by atoms with van der Waals surface area (Å²) in [7, 11) is -3.68. The molecule has 0 aliphatic heterocycles. The highest BCUT2D eigenvalue weighted by Crippen LogP contribution is 2.27. The first-order chi connectivity index (χ1) is 12.8. The highest BCUT2D eigenvalue weighted by Gasteiger charge is 2.25. The Balaban J connectivity index is 2.15. The SMILES string of the molecule is CCN(CC)S(=O)(=O)c1ccc(Cl)c(C(=O)c2c(C)cc3ccccn23)c1. The van der Waals surface area contributed by atoms with E-state index < -0.39 is 10.0 Å². The fraction of sp³-hybridized carbons (Fsp3) is 0.250. The smallest absolute Gasteiger partial charge is 0.243 e. The van der Waals surface area contributed by atoms with Crippen LogP contribution in [0.15, 0.2) is 53.6 Å². The molecule has 27 heavy (non-hydrogen) atoms. The van der Waals surface area contributed by atoms with Gasteiger partial charge in [-0.05, 0) is 48.9 Å². The highest BCUT2D eigenvalue weighted by molar-refractivity contribution is 7.89. The van der Waals surface area contributed by atoms with Crippen molar-refractivity contribution < 1.29 is 13.2 Å². The van der Waals surface area contributed by atoms with Gasteiger partial charge in [0.1, 0.15) is 0 Å². The van der Waals surface area contributed by atoms with Crippen molar-refractivity contribution in [1.82, 2.24) is 8.71 Å². The molecule has 0 amide bonds. The van der Waals surface area contributed by atoms with Crippen molar-refractivity contribution in [3.8, 4) is 0 Å². The maximum Gasteiger partial charge on any atom is 0.243 e. The normalized spacial score (nSPS) is 12.0. The van der Waals surface area contributed by atoms with E-state index >= 15 is 0 Å². The average Bonchev–Trinajstić information content (AvgIpc) is 2.97. The topological polar surface area (TPSA) is 58.9 Å². The summed E-state index contributed by atoms with van der Waals surface area (Å²) in [6.45, 7) is 6.11. The van der Waals surface area contributed by atoms with Gasteiger partial charge in [-0.15, -0.1) is 0 Å². The predicted molar refractivity (Wildman–Crippen MR) is 107 cm³/mol. The van der Waals surface area contributed by atoms with Gasteiger partial charge in [0.15, 0.2) is 0 Å². The molecule has 0 N–H and O–H groups in total. The van der Waals surface area contributed by atoms with Crippen LogP contribution < -0.4 is 0 Å². The number of sulfonamides is 1. The summed E-state index contributed by atoms with van der Waals surface area (Å²) >= 11 is 6.27. The first-order valence-corrected chi connectivity index (χ1v) is 10.5. The quantitative estimate of drug-likeness (QED) is 0.579. The van der Waals surface area contributed by atoms with Crippen LogP contribution in [0.1, 0.15) is 35.5 Å². The van der Waals surface area contributed by atoms with E-state index in [1.165, 1.54) is 22.5 Å². The van der Waals surface area contributed by atoms with Crippen LogP contribution in [0.5, 0.6) is 0 Å². The van der Waals surface area contributed by atoms with Crippen LogP contribution in [-0.4, -0.2) is 36.0 Å². The molecule has 1 aromatic carbocycles.